The van der Waals surface area contributed by atoms with E-state index in [9.17, 15) is 4.79 Å². The van der Waals surface area contributed by atoms with Crippen LogP contribution in [0, 0.1) is 11.8 Å². The summed E-state index contributed by atoms with van der Waals surface area (Å²) in [5.74, 6) is 5.37. The first kappa shape index (κ1) is 11.1. The number of halogens is 1. The molecule has 0 aromatic heterocycles. The molecule has 4 nitrogen and oxygen atoms in total. The maximum Gasteiger partial charge on any atom is 0.150 e. The molecule has 0 bridgehead atoms. The molecule has 0 aliphatic rings. The summed E-state index contributed by atoms with van der Waals surface area (Å²) in [5, 5.41) is 3.67. The van der Waals surface area contributed by atoms with Crippen LogP contribution in [0.4, 0.5) is 0 Å². The van der Waals surface area contributed by atoms with Crippen LogP contribution in [0.2, 0.25) is 5.02 Å². The zero-order valence-corrected chi connectivity index (χ0v) is 8.40. The molecule has 0 heterocycles. The Morgan fingerprint density at radius 1 is 1.60 bits per heavy atom. The van der Waals surface area contributed by atoms with Crippen LogP contribution in [-0.2, 0) is 0 Å². The number of hydrogen-bond acceptors (Lipinski definition) is 2. The maximum absolute atomic E-state index is 10.4. The van der Waals surface area contributed by atoms with Crippen LogP contribution in [0.5, 0.6) is 0 Å². The highest BCUT2D eigenvalue weighted by molar-refractivity contribution is 6.32. The summed E-state index contributed by atoms with van der Waals surface area (Å²) >= 11 is 5.86. The number of benzene rings is 1. The monoisotopic (exact) mass is 219 g/mol. The lowest BCUT2D eigenvalue weighted by Crippen LogP contribution is -1.83. The van der Waals surface area contributed by atoms with Crippen molar-refractivity contribution in [2.45, 2.75) is 0 Å². The van der Waals surface area contributed by atoms with Crippen molar-refractivity contribution in [1.29, 1.82) is 0 Å². The zero-order chi connectivity index (χ0) is 11.1. The molecule has 0 spiro atoms. The number of nitrogens with zero attached hydrogens (tertiary/aromatic N) is 3. The first-order valence-corrected chi connectivity index (χ1v) is 4.40. The summed E-state index contributed by atoms with van der Waals surface area (Å²) in [6.07, 6.45) is 0.711. The fourth-order valence-corrected chi connectivity index (χ4v) is 1.14. The normalized spacial score (nSPS) is 8.33. The molecule has 0 atom stereocenters. The van der Waals surface area contributed by atoms with Crippen LogP contribution in [0.3, 0.4) is 0 Å². The minimum absolute atomic E-state index is 0.0995. The van der Waals surface area contributed by atoms with E-state index in [1.807, 2.05) is 0 Å². The molecule has 0 unspecified atom stereocenters. The minimum Gasteiger partial charge on any atom is -0.298 e. The number of aldehydes is 1. The van der Waals surface area contributed by atoms with Crippen LogP contribution in [0.1, 0.15) is 15.9 Å². The van der Waals surface area contributed by atoms with Crippen molar-refractivity contribution in [1.82, 2.24) is 0 Å². The molecule has 0 aliphatic heterocycles. The van der Waals surface area contributed by atoms with Crippen LogP contribution >= 0.6 is 11.6 Å². The summed E-state index contributed by atoms with van der Waals surface area (Å²) in [4.78, 5) is 13.0. The molecule has 1 aromatic carbocycles. The van der Waals surface area contributed by atoms with E-state index < -0.39 is 0 Å². The minimum atomic E-state index is 0.0995. The second-order valence-corrected chi connectivity index (χ2v) is 2.96. The average Bonchev–Trinajstić information content (AvgIpc) is 2.26. The van der Waals surface area contributed by atoms with E-state index in [1.165, 1.54) is 6.07 Å². The Balaban J connectivity index is 2.89. The molecule has 5 heteroatoms. The Kier molecular flexibility index (Phi) is 4.24. The fourth-order valence-electron chi connectivity index (χ4n) is 0.908. The van der Waals surface area contributed by atoms with Gasteiger partial charge in [-0.1, -0.05) is 34.6 Å². The second kappa shape index (κ2) is 5.71. The van der Waals surface area contributed by atoms with E-state index >= 15 is 0 Å². The standard InChI is InChI=1S/C10H6ClN3O/c11-10-6-8(7-15)3-4-9(10)2-1-5-13-14-12/h3-4,6-7H,5H2. The lowest BCUT2D eigenvalue weighted by Gasteiger charge is -1.95. The van der Waals surface area contributed by atoms with Crippen LogP contribution in [0.25, 0.3) is 10.4 Å². The number of carbonyl (C=O) groups is 1. The fraction of sp³-hybridized carbons (Fsp3) is 0.100. The van der Waals surface area contributed by atoms with Gasteiger partial charge in [-0.05, 0) is 17.7 Å². The quantitative estimate of drug-likeness (QED) is 0.248. The Morgan fingerprint density at radius 2 is 2.40 bits per heavy atom. The van der Waals surface area contributed by atoms with E-state index in [0.717, 1.165) is 0 Å². The van der Waals surface area contributed by atoms with E-state index in [4.69, 9.17) is 17.1 Å². The third kappa shape index (κ3) is 3.35. The molecule has 0 saturated heterocycles. The van der Waals surface area contributed by atoms with E-state index in [-0.39, 0.29) is 6.54 Å². The van der Waals surface area contributed by atoms with Crippen LogP contribution in [0.15, 0.2) is 23.3 Å². The van der Waals surface area contributed by atoms with Crippen molar-refractivity contribution in [3.8, 4) is 11.8 Å². The lowest BCUT2D eigenvalue weighted by molar-refractivity contribution is 0.112. The molecule has 0 radical (unpaired) electrons. The molecular weight excluding hydrogens is 214 g/mol. The Bertz CT molecular complexity index is 481. The highest BCUT2D eigenvalue weighted by Crippen LogP contribution is 2.15. The van der Waals surface area contributed by atoms with Crippen LogP contribution < -0.4 is 0 Å². The summed E-state index contributed by atoms with van der Waals surface area (Å²) in [6.45, 7) is 0.0995. The Labute approximate surface area is 91.5 Å². The van der Waals surface area contributed by atoms with Crippen molar-refractivity contribution in [3.05, 3.63) is 44.8 Å². The van der Waals surface area contributed by atoms with Gasteiger partial charge in [-0.15, -0.1) is 0 Å². The van der Waals surface area contributed by atoms with Gasteiger partial charge in [0.25, 0.3) is 0 Å². The SMILES string of the molecule is [N-]=[N+]=NCC#Cc1ccc(C=O)cc1Cl. The topological polar surface area (TPSA) is 65.8 Å². The largest absolute Gasteiger partial charge is 0.298 e. The summed E-state index contributed by atoms with van der Waals surface area (Å²) in [6, 6.07) is 4.80. The Morgan fingerprint density at radius 3 is 3.00 bits per heavy atom. The van der Waals surface area contributed by atoms with Crippen molar-refractivity contribution >= 4 is 17.9 Å². The van der Waals surface area contributed by atoms with Gasteiger partial charge in [0.1, 0.15) is 6.29 Å². The van der Waals surface area contributed by atoms with Gasteiger partial charge < -0.3 is 0 Å². The van der Waals surface area contributed by atoms with Crippen molar-refractivity contribution < 1.29 is 4.79 Å². The summed E-state index contributed by atoms with van der Waals surface area (Å²) < 4.78 is 0. The van der Waals surface area contributed by atoms with Gasteiger partial charge >= 0.3 is 0 Å². The number of azide groups is 1. The number of rotatable bonds is 2. The van der Waals surface area contributed by atoms with Crippen molar-refractivity contribution in [2.75, 3.05) is 6.54 Å². The molecule has 0 saturated carbocycles. The molecule has 1 rings (SSSR count). The summed E-state index contributed by atoms with van der Waals surface area (Å²) in [5.41, 5.74) is 9.12. The summed E-state index contributed by atoms with van der Waals surface area (Å²) in [7, 11) is 0. The predicted molar refractivity (Wildman–Crippen MR) is 57.7 cm³/mol. The van der Waals surface area contributed by atoms with Gasteiger partial charge in [0.2, 0.25) is 0 Å². The Hall–Kier alpha value is -1.95. The van der Waals surface area contributed by atoms with Gasteiger partial charge in [-0.3, -0.25) is 4.79 Å². The highest BCUT2D eigenvalue weighted by Gasteiger charge is 1.97. The second-order valence-electron chi connectivity index (χ2n) is 2.55. The molecule has 74 valence electrons. The highest BCUT2D eigenvalue weighted by atomic mass is 35.5. The number of carbonyl (C=O) groups excluding carboxylic acids is 1. The van der Waals surface area contributed by atoms with Crippen molar-refractivity contribution in [2.24, 2.45) is 5.11 Å². The molecule has 15 heavy (non-hydrogen) atoms. The lowest BCUT2D eigenvalue weighted by atomic mass is 10.1. The third-order valence-electron chi connectivity index (χ3n) is 1.57. The van der Waals surface area contributed by atoms with E-state index in [2.05, 4.69) is 21.9 Å². The first-order chi connectivity index (χ1) is 7.27. The third-order valence-corrected chi connectivity index (χ3v) is 1.88. The van der Waals surface area contributed by atoms with Gasteiger partial charge in [-0.25, -0.2) is 0 Å². The molecular formula is C10H6ClN3O. The molecule has 0 amide bonds. The molecule has 1 aromatic rings. The number of hydrogen-bond donors (Lipinski definition) is 0. The first-order valence-electron chi connectivity index (χ1n) is 4.02. The van der Waals surface area contributed by atoms with E-state index in [0.29, 0.717) is 22.4 Å². The smallest absolute Gasteiger partial charge is 0.150 e. The van der Waals surface area contributed by atoms with Gasteiger partial charge in [0.05, 0.1) is 11.6 Å². The average molecular weight is 220 g/mol. The zero-order valence-electron chi connectivity index (χ0n) is 7.64. The molecule has 0 N–H and O–H groups in total. The van der Waals surface area contributed by atoms with Gasteiger partial charge in [0.15, 0.2) is 0 Å². The molecule has 0 aliphatic carbocycles. The van der Waals surface area contributed by atoms with Gasteiger partial charge in [0, 0.05) is 16.0 Å². The van der Waals surface area contributed by atoms with E-state index in [1.54, 1.807) is 12.1 Å². The van der Waals surface area contributed by atoms with Gasteiger partial charge in [-0.2, -0.15) is 0 Å². The van der Waals surface area contributed by atoms with Crippen LogP contribution in [-0.4, -0.2) is 12.8 Å². The predicted octanol–water partition coefficient (Wildman–Crippen LogP) is 2.81. The van der Waals surface area contributed by atoms with Crippen molar-refractivity contribution in [3.63, 3.8) is 0 Å². The maximum atomic E-state index is 10.4. The molecule has 0 fully saturated rings.